The van der Waals surface area contributed by atoms with E-state index in [0.29, 0.717) is 0 Å². The summed E-state index contributed by atoms with van der Waals surface area (Å²) in [7, 11) is 1.62. The fourth-order valence-electron chi connectivity index (χ4n) is 2.49. The number of aryl methyl sites for hydroxylation is 1. The van der Waals surface area contributed by atoms with E-state index in [4.69, 9.17) is 10.6 Å². The summed E-state index contributed by atoms with van der Waals surface area (Å²) >= 11 is 0. The molecule has 0 fully saturated rings. The van der Waals surface area contributed by atoms with Crippen LogP contribution < -0.4 is 16.0 Å². The van der Waals surface area contributed by atoms with E-state index in [9.17, 15) is 4.79 Å². The standard InChI is InChI=1S/C18H18N4O2/c1-12-4-3-5-14(10-12)22-17(11-16(21-22)18(23)20-19)13-6-8-15(24-2)9-7-13/h3-11H,19H2,1-2H3,(H,20,23). The Morgan fingerprint density at radius 1 is 1.17 bits per heavy atom. The van der Waals surface area contributed by atoms with Crippen LogP contribution in [0, 0.1) is 6.92 Å². The van der Waals surface area contributed by atoms with Gasteiger partial charge in [0.25, 0.3) is 5.91 Å². The van der Waals surface area contributed by atoms with Crippen LogP contribution in [0.1, 0.15) is 16.1 Å². The lowest BCUT2D eigenvalue weighted by molar-refractivity contribution is 0.0948. The highest BCUT2D eigenvalue weighted by molar-refractivity contribution is 5.93. The van der Waals surface area contributed by atoms with Gasteiger partial charge in [-0.3, -0.25) is 10.2 Å². The number of aromatic nitrogens is 2. The molecule has 0 aliphatic carbocycles. The Kier molecular flexibility index (Phi) is 4.31. The molecule has 0 unspecified atom stereocenters. The second-order valence-electron chi connectivity index (χ2n) is 5.37. The highest BCUT2D eigenvalue weighted by Crippen LogP contribution is 2.26. The van der Waals surface area contributed by atoms with Gasteiger partial charge in [0.05, 0.1) is 18.5 Å². The molecule has 122 valence electrons. The number of nitrogens with two attached hydrogens (primary N) is 1. The van der Waals surface area contributed by atoms with Gasteiger partial charge in [-0.25, -0.2) is 10.5 Å². The zero-order chi connectivity index (χ0) is 17.1. The minimum absolute atomic E-state index is 0.254. The first-order valence-corrected chi connectivity index (χ1v) is 7.45. The van der Waals surface area contributed by atoms with Crippen molar-refractivity contribution < 1.29 is 9.53 Å². The zero-order valence-electron chi connectivity index (χ0n) is 13.5. The number of carbonyl (C=O) groups excluding carboxylic acids is 1. The molecule has 6 heteroatoms. The summed E-state index contributed by atoms with van der Waals surface area (Å²) in [4.78, 5) is 11.9. The fraction of sp³-hybridized carbons (Fsp3) is 0.111. The Morgan fingerprint density at radius 2 is 1.92 bits per heavy atom. The van der Waals surface area contributed by atoms with Crippen molar-refractivity contribution in [2.24, 2.45) is 5.84 Å². The third-order valence-corrected chi connectivity index (χ3v) is 3.71. The lowest BCUT2D eigenvalue weighted by atomic mass is 10.1. The van der Waals surface area contributed by atoms with Gasteiger partial charge < -0.3 is 4.74 Å². The van der Waals surface area contributed by atoms with Crippen molar-refractivity contribution in [3.05, 3.63) is 65.9 Å². The number of nitrogen functional groups attached to an aromatic ring is 1. The summed E-state index contributed by atoms with van der Waals surface area (Å²) in [5.41, 5.74) is 6.06. The first-order chi connectivity index (χ1) is 11.6. The second-order valence-corrected chi connectivity index (χ2v) is 5.37. The van der Waals surface area contributed by atoms with E-state index in [1.54, 1.807) is 17.9 Å². The predicted octanol–water partition coefficient (Wildman–Crippen LogP) is 2.46. The summed E-state index contributed by atoms with van der Waals surface area (Å²) in [6.07, 6.45) is 0. The van der Waals surface area contributed by atoms with Crippen LogP contribution in [-0.2, 0) is 0 Å². The number of hydrogen-bond donors (Lipinski definition) is 2. The monoisotopic (exact) mass is 322 g/mol. The van der Waals surface area contributed by atoms with Crippen LogP contribution in [0.15, 0.2) is 54.6 Å². The van der Waals surface area contributed by atoms with E-state index < -0.39 is 5.91 Å². The zero-order valence-corrected chi connectivity index (χ0v) is 13.5. The summed E-state index contributed by atoms with van der Waals surface area (Å²) in [6, 6.07) is 17.2. The Labute approximate surface area is 139 Å². The lowest BCUT2D eigenvalue weighted by Crippen LogP contribution is -2.30. The topological polar surface area (TPSA) is 82.2 Å². The first-order valence-electron chi connectivity index (χ1n) is 7.45. The van der Waals surface area contributed by atoms with E-state index in [-0.39, 0.29) is 5.69 Å². The second kappa shape index (κ2) is 6.55. The first kappa shape index (κ1) is 15.8. The summed E-state index contributed by atoms with van der Waals surface area (Å²) in [5.74, 6) is 5.57. The van der Waals surface area contributed by atoms with Crippen LogP contribution in [0.4, 0.5) is 0 Å². The summed E-state index contributed by atoms with van der Waals surface area (Å²) < 4.78 is 6.93. The third kappa shape index (κ3) is 3.00. The Morgan fingerprint density at radius 3 is 2.54 bits per heavy atom. The average molecular weight is 322 g/mol. The maximum atomic E-state index is 11.9. The molecule has 3 aromatic rings. The molecule has 0 atom stereocenters. The predicted molar refractivity (Wildman–Crippen MR) is 91.9 cm³/mol. The average Bonchev–Trinajstić information content (AvgIpc) is 3.06. The van der Waals surface area contributed by atoms with Crippen LogP contribution >= 0.6 is 0 Å². The molecule has 0 aliphatic heterocycles. The van der Waals surface area contributed by atoms with E-state index in [1.165, 1.54) is 0 Å². The maximum absolute atomic E-state index is 11.9. The van der Waals surface area contributed by atoms with Crippen molar-refractivity contribution in [2.45, 2.75) is 6.92 Å². The van der Waals surface area contributed by atoms with Gasteiger partial charge in [0.15, 0.2) is 5.69 Å². The molecule has 24 heavy (non-hydrogen) atoms. The molecule has 0 spiro atoms. The minimum Gasteiger partial charge on any atom is -0.497 e. The number of benzene rings is 2. The number of nitrogens with one attached hydrogen (secondary N) is 1. The lowest BCUT2D eigenvalue weighted by Gasteiger charge is -2.09. The number of nitrogens with zero attached hydrogens (tertiary/aromatic N) is 2. The van der Waals surface area contributed by atoms with Gasteiger partial charge in [0, 0.05) is 5.56 Å². The van der Waals surface area contributed by atoms with Crippen LogP contribution in [-0.4, -0.2) is 22.8 Å². The molecule has 1 amide bonds. The highest BCUT2D eigenvalue weighted by Gasteiger charge is 2.16. The number of hydrogen-bond acceptors (Lipinski definition) is 4. The molecule has 6 nitrogen and oxygen atoms in total. The van der Waals surface area contributed by atoms with E-state index in [0.717, 1.165) is 28.3 Å². The van der Waals surface area contributed by atoms with Gasteiger partial charge in [-0.15, -0.1) is 0 Å². The summed E-state index contributed by atoms with van der Waals surface area (Å²) in [6.45, 7) is 2.01. The molecule has 1 heterocycles. The summed E-state index contributed by atoms with van der Waals surface area (Å²) in [5, 5.41) is 4.40. The fourth-order valence-corrected chi connectivity index (χ4v) is 2.49. The van der Waals surface area contributed by atoms with Crippen molar-refractivity contribution in [1.29, 1.82) is 0 Å². The molecular weight excluding hydrogens is 304 g/mol. The third-order valence-electron chi connectivity index (χ3n) is 3.71. The Bertz CT molecular complexity index is 869. The number of amides is 1. The minimum atomic E-state index is -0.434. The van der Waals surface area contributed by atoms with Crippen LogP contribution in [0.3, 0.4) is 0 Å². The van der Waals surface area contributed by atoms with E-state index in [1.807, 2.05) is 55.5 Å². The quantitative estimate of drug-likeness (QED) is 0.439. The molecule has 1 aromatic heterocycles. The van der Waals surface area contributed by atoms with Gasteiger partial charge in [-0.2, -0.15) is 5.10 Å². The molecule has 0 saturated carbocycles. The maximum Gasteiger partial charge on any atom is 0.285 e. The van der Waals surface area contributed by atoms with Gasteiger partial charge in [-0.1, -0.05) is 12.1 Å². The smallest absolute Gasteiger partial charge is 0.285 e. The molecular formula is C18H18N4O2. The van der Waals surface area contributed by atoms with Crippen molar-refractivity contribution in [1.82, 2.24) is 15.2 Å². The number of ether oxygens (including phenoxy) is 1. The molecule has 0 aliphatic rings. The Hall–Kier alpha value is -3.12. The highest BCUT2D eigenvalue weighted by atomic mass is 16.5. The Balaban J connectivity index is 2.15. The van der Waals surface area contributed by atoms with Crippen LogP contribution in [0.2, 0.25) is 0 Å². The number of hydrazine groups is 1. The van der Waals surface area contributed by atoms with E-state index in [2.05, 4.69) is 10.5 Å². The van der Waals surface area contributed by atoms with Crippen molar-refractivity contribution >= 4 is 5.91 Å². The number of rotatable bonds is 4. The van der Waals surface area contributed by atoms with Crippen molar-refractivity contribution in [3.8, 4) is 22.7 Å². The van der Waals surface area contributed by atoms with Gasteiger partial charge >= 0.3 is 0 Å². The van der Waals surface area contributed by atoms with Crippen molar-refractivity contribution in [3.63, 3.8) is 0 Å². The van der Waals surface area contributed by atoms with Crippen LogP contribution in [0.25, 0.3) is 16.9 Å². The largest absolute Gasteiger partial charge is 0.497 e. The van der Waals surface area contributed by atoms with Crippen LogP contribution in [0.5, 0.6) is 5.75 Å². The molecule has 3 N–H and O–H groups in total. The molecule has 0 radical (unpaired) electrons. The molecule has 0 bridgehead atoms. The molecule has 2 aromatic carbocycles. The van der Waals surface area contributed by atoms with Gasteiger partial charge in [-0.05, 0) is 55.0 Å². The number of methoxy groups -OCH3 is 1. The van der Waals surface area contributed by atoms with Crippen molar-refractivity contribution in [2.75, 3.05) is 7.11 Å². The normalized spacial score (nSPS) is 10.5. The SMILES string of the molecule is COc1ccc(-c2cc(C(=O)NN)nn2-c2cccc(C)c2)cc1. The number of carbonyl (C=O) groups is 1. The van der Waals surface area contributed by atoms with Gasteiger partial charge in [0.2, 0.25) is 0 Å². The molecule has 3 rings (SSSR count). The molecule has 0 saturated heterocycles. The van der Waals surface area contributed by atoms with Gasteiger partial charge in [0.1, 0.15) is 5.75 Å². The van der Waals surface area contributed by atoms with E-state index >= 15 is 0 Å².